The van der Waals surface area contributed by atoms with E-state index in [-0.39, 0.29) is 5.91 Å². The van der Waals surface area contributed by atoms with Crippen molar-refractivity contribution < 1.29 is 4.79 Å². The van der Waals surface area contributed by atoms with E-state index in [9.17, 15) is 4.79 Å². The summed E-state index contributed by atoms with van der Waals surface area (Å²) >= 11 is 1.72. The fourth-order valence-corrected chi connectivity index (χ4v) is 3.06. The van der Waals surface area contributed by atoms with Crippen molar-refractivity contribution in [2.24, 2.45) is 0 Å². The van der Waals surface area contributed by atoms with Crippen LogP contribution in [0.15, 0.2) is 29.6 Å². The smallest absolute Gasteiger partial charge is 0.251 e. The number of hydrogen-bond donors (Lipinski definition) is 1. The maximum absolute atomic E-state index is 12.0. The lowest BCUT2D eigenvalue weighted by atomic mass is 10.0. The number of rotatable bonds is 7. The van der Waals surface area contributed by atoms with Crippen molar-refractivity contribution >= 4 is 17.2 Å². The molecule has 2 aromatic rings. The molecular weight excluding hydrogens is 292 g/mol. The molecule has 1 aromatic heterocycles. The third-order valence-electron chi connectivity index (χ3n) is 3.61. The van der Waals surface area contributed by atoms with Gasteiger partial charge in [-0.25, -0.2) is 4.98 Å². The molecule has 1 heterocycles. The molecule has 1 amide bonds. The summed E-state index contributed by atoms with van der Waals surface area (Å²) in [6.45, 7) is 7.04. The van der Waals surface area contributed by atoms with E-state index in [1.165, 1.54) is 10.6 Å². The largest absolute Gasteiger partial charge is 0.352 e. The number of aryl methyl sites for hydroxylation is 2. The van der Waals surface area contributed by atoms with E-state index in [4.69, 9.17) is 0 Å². The number of amides is 1. The van der Waals surface area contributed by atoms with Gasteiger partial charge in [0, 0.05) is 23.2 Å². The van der Waals surface area contributed by atoms with Crippen LogP contribution >= 0.6 is 11.3 Å². The van der Waals surface area contributed by atoms with Crippen molar-refractivity contribution in [1.82, 2.24) is 10.3 Å². The molecular formula is C18H24N2OS. The Morgan fingerprint density at radius 2 is 1.95 bits per heavy atom. The van der Waals surface area contributed by atoms with Crippen LogP contribution in [0.3, 0.4) is 0 Å². The number of benzene rings is 1. The predicted octanol–water partition coefficient (Wildman–Crippen LogP) is 4.33. The summed E-state index contributed by atoms with van der Waals surface area (Å²) in [5.41, 5.74) is 3.09. The maximum atomic E-state index is 12.0. The van der Waals surface area contributed by atoms with Gasteiger partial charge in [-0.05, 0) is 49.8 Å². The minimum Gasteiger partial charge on any atom is -0.352 e. The minimum atomic E-state index is 0.0143. The number of nitrogens with zero attached hydrogens (tertiary/aromatic N) is 1. The lowest BCUT2D eigenvalue weighted by Crippen LogP contribution is -2.24. The molecule has 0 saturated carbocycles. The fraction of sp³-hybridized carbons (Fsp3) is 0.444. The molecule has 0 bridgehead atoms. The van der Waals surface area contributed by atoms with Gasteiger partial charge in [-0.15, -0.1) is 11.3 Å². The van der Waals surface area contributed by atoms with Crippen LogP contribution in [0.4, 0.5) is 0 Å². The number of nitrogens with one attached hydrogen (secondary N) is 1. The van der Waals surface area contributed by atoms with Crippen molar-refractivity contribution in [3.8, 4) is 0 Å². The second-order valence-electron chi connectivity index (χ2n) is 5.87. The molecule has 0 aliphatic heterocycles. The van der Waals surface area contributed by atoms with E-state index < -0.39 is 0 Å². The highest BCUT2D eigenvalue weighted by Crippen LogP contribution is 2.15. The number of aromatic nitrogens is 1. The van der Waals surface area contributed by atoms with Crippen LogP contribution in [0.2, 0.25) is 0 Å². The molecule has 0 unspecified atom stereocenters. The van der Waals surface area contributed by atoms with Gasteiger partial charge in [-0.1, -0.05) is 26.0 Å². The first-order valence-corrected chi connectivity index (χ1v) is 8.73. The highest BCUT2D eigenvalue weighted by atomic mass is 32.1. The van der Waals surface area contributed by atoms with Crippen molar-refractivity contribution in [3.63, 3.8) is 0 Å². The minimum absolute atomic E-state index is 0.0143. The zero-order valence-electron chi connectivity index (χ0n) is 13.6. The third-order valence-corrected chi connectivity index (χ3v) is 4.64. The zero-order valence-corrected chi connectivity index (χ0v) is 14.4. The van der Waals surface area contributed by atoms with Crippen LogP contribution in [-0.4, -0.2) is 17.4 Å². The molecule has 3 nitrogen and oxygen atoms in total. The van der Waals surface area contributed by atoms with E-state index in [0.29, 0.717) is 5.92 Å². The van der Waals surface area contributed by atoms with Crippen LogP contribution in [0.1, 0.15) is 59.2 Å². The first-order chi connectivity index (χ1) is 10.6. The molecule has 118 valence electrons. The quantitative estimate of drug-likeness (QED) is 0.773. The van der Waals surface area contributed by atoms with Gasteiger partial charge < -0.3 is 5.32 Å². The average Bonchev–Trinajstić information content (AvgIpc) is 2.92. The standard InChI is InChI=1S/C18H24N2OS/c1-13(2)15-7-9-16(10-8-15)18(21)19-11-5-4-6-17-20-14(3)12-22-17/h7-10,12-13H,4-6,11H2,1-3H3,(H,19,21). The molecule has 0 saturated heterocycles. The van der Waals surface area contributed by atoms with Gasteiger partial charge in [0.1, 0.15) is 0 Å². The van der Waals surface area contributed by atoms with E-state index in [1.807, 2.05) is 31.2 Å². The third kappa shape index (κ3) is 4.95. The Morgan fingerprint density at radius 1 is 1.23 bits per heavy atom. The van der Waals surface area contributed by atoms with E-state index in [1.54, 1.807) is 11.3 Å². The summed E-state index contributed by atoms with van der Waals surface area (Å²) in [5, 5.41) is 6.25. The van der Waals surface area contributed by atoms with E-state index >= 15 is 0 Å². The zero-order chi connectivity index (χ0) is 15.9. The molecule has 0 fully saturated rings. The second kappa shape index (κ2) is 8.08. The van der Waals surface area contributed by atoms with E-state index in [2.05, 4.69) is 29.5 Å². The molecule has 0 aliphatic carbocycles. The van der Waals surface area contributed by atoms with E-state index in [0.717, 1.165) is 37.1 Å². The van der Waals surface area contributed by atoms with Gasteiger partial charge >= 0.3 is 0 Å². The van der Waals surface area contributed by atoms with Crippen LogP contribution in [-0.2, 0) is 6.42 Å². The molecule has 1 aromatic carbocycles. The number of carbonyl (C=O) groups excluding carboxylic acids is 1. The maximum Gasteiger partial charge on any atom is 0.251 e. The van der Waals surface area contributed by atoms with Gasteiger partial charge in [-0.2, -0.15) is 0 Å². The topological polar surface area (TPSA) is 42.0 Å². The molecule has 0 atom stereocenters. The van der Waals surface area contributed by atoms with Crippen LogP contribution < -0.4 is 5.32 Å². The molecule has 0 spiro atoms. The summed E-state index contributed by atoms with van der Waals surface area (Å²) in [6.07, 6.45) is 3.03. The fourth-order valence-electron chi connectivity index (χ4n) is 2.24. The summed E-state index contributed by atoms with van der Waals surface area (Å²) in [7, 11) is 0. The number of thiazole rings is 1. The Bertz CT molecular complexity index is 602. The summed E-state index contributed by atoms with van der Waals surface area (Å²) in [4.78, 5) is 16.5. The van der Waals surface area contributed by atoms with Crippen molar-refractivity contribution in [3.05, 3.63) is 51.5 Å². The first kappa shape index (κ1) is 16.7. The Kier molecular flexibility index (Phi) is 6.13. The number of hydrogen-bond acceptors (Lipinski definition) is 3. The lowest BCUT2D eigenvalue weighted by molar-refractivity contribution is 0.0953. The molecule has 0 radical (unpaired) electrons. The molecule has 22 heavy (non-hydrogen) atoms. The summed E-state index contributed by atoms with van der Waals surface area (Å²) < 4.78 is 0. The van der Waals surface area contributed by atoms with Crippen LogP contribution in [0.25, 0.3) is 0 Å². The first-order valence-electron chi connectivity index (χ1n) is 7.85. The van der Waals surface area contributed by atoms with Crippen LogP contribution in [0.5, 0.6) is 0 Å². The molecule has 2 rings (SSSR count). The summed E-state index contributed by atoms with van der Waals surface area (Å²) in [6, 6.07) is 7.88. The Morgan fingerprint density at radius 3 is 2.55 bits per heavy atom. The van der Waals surface area contributed by atoms with Crippen LogP contribution in [0, 0.1) is 6.92 Å². The van der Waals surface area contributed by atoms with Gasteiger partial charge in [-0.3, -0.25) is 4.79 Å². The number of carbonyl (C=O) groups is 1. The molecule has 0 aliphatic rings. The Labute approximate surface area is 136 Å². The lowest BCUT2D eigenvalue weighted by Gasteiger charge is -2.08. The summed E-state index contributed by atoms with van der Waals surface area (Å²) in [5.74, 6) is 0.506. The van der Waals surface area contributed by atoms with Gasteiger partial charge in [0.2, 0.25) is 0 Å². The number of unbranched alkanes of at least 4 members (excludes halogenated alkanes) is 1. The van der Waals surface area contributed by atoms with Crippen molar-refractivity contribution in [2.75, 3.05) is 6.54 Å². The highest BCUT2D eigenvalue weighted by molar-refractivity contribution is 7.09. The molecule has 1 N–H and O–H groups in total. The normalized spacial score (nSPS) is 10.9. The van der Waals surface area contributed by atoms with Gasteiger partial charge in [0.25, 0.3) is 5.91 Å². The second-order valence-corrected chi connectivity index (χ2v) is 6.81. The Hall–Kier alpha value is -1.68. The van der Waals surface area contributed by atoms with Gasteiger partial charge in [0.15, 0.2) is 0 Å². The molecule has 4 heteroatoms. The van der Waals surface area contributed by atoms with Crippen molar-refractivity contribution in [1.29, 1.82) is 0 Å². The van der Waals surface area contributed by atoms with Crippen molar-refractivity contribution in [2.45, 2.75) is 46.0 Å². The highest BCUT2D eigenvalue weighted by Gasteiger charge is 2.06. The monoisotopic (exact) mass is 316 g/mol. The SMILES string of the molecule is Cc1csc(CCCCNC(=O)c2ccc(C(C)C)cc2)n1. The van der Waals surface area contributed by atoms with Gasteiger partial charge in [0.05, 0.1) is 5.01 Å². The Balaban J connectivity index is 1.69. The average molecular weight is 316 g/mol. The predicted molar refractivity (Wildman–Crippen MR) is 92.7 cm³/mol.